The molecule has 204 valence electrons. The zero-order valence-corrected chi connectivity index (χ0v) is 26.4. The molecular formula is C28H42KN5O4. The van der Waals surface area contributed by atoms with E-state index in [-0.39, 0.29) is 74.7 Å². The number of nitrogens with zero attached hydrogens (tertiary/aromatic N) is 3. The van der Waals surface area contributed by atoms with Crippen molar-refractivity contribution in [2.75, 3.05) is 31.2 Å². The summed E-state index contributed by atoms with van der Waals surface area (Å²) in [6.07, 6.45) is 1.41. The Morgan fingerprint density at radius 3 is 2.16 bits per heavy atom. The minimum atomic E-state index is -0.684. The van der Waals surface area contributed by atoms with Gasteiger partial charge in [-0.05, 0) is 74.6 Å². The first-order chi connectivity index (χ1) is 17.8. The summed E-state index contributed by atoms with van der Waals surface area (Å²) < 4.78 is 0. The fourth-order valence-electron chi connectivity index (χ4n) is 4.29. The fraction of sp³-hybridized carbons (Fsp3) is 0.464. The van der Waals surface area contributed by atoms with E-state index in [1.807, 2.05) is 26.8 Å². The zero-order chi connectivity index (χ0) is 28.0. The van der Waals surface area contributed by atoms with Crippen LogP contribution < -0.4 is 56.3 Å². The van der Waals surface area contributed by atoms with Gasteiger partial charge in [0.05, 0.1) is 5.92 Å². The molecule has 38 heavy (non-hydrogen) atoms. The molecule has 3 rings (SSSR count). The van der Waals surface area contributed by atoms with E-state index in [1.165, 1.54) is 11.6 Å². The van der Waals surface area contributed by atoms with Crippen LogP contribution in [0.2, 0.25) is 0 Å². The number of benzene rings is 2. The number of carboxylic acids is 1. The van der Waals surface area contributed by atoms with E-state index in [2.05, 4.69) is 52.8 Å². The third-order valence-electron chi connectivity index (χ3n) is 6.35. The molecule has 1 aliphatic rings. The van der Waals surface area contributed by atoms with Crippen LogP contribution in [0.15, 0.2) is 36.4 Å². The number of anilines is 1. The van der Waals surface area contributed by atoms with Gasteiger partial charge in [0.15, 0.2) is 0 Å². The van der Waals surface area contributed by atoms with Crippen LogP contribution in [0.4, 0.5) is 5.69 Å². The van der Waals surface area contributed by atoms with Crippen molar-refractivity contribution in [1.29, 1.82) is 10.8 Å². The summed E-state index contributed by atoms with van der Waals surface area (Å²) in [5.74, 6) is -0.547. The second-order valence-electron chi connectivity index (χ2n) is 9.13. The van der Waals surface area contributed by atoms with Crippen LogP contribution >= 0.6 is 0 Å². The van der Waals surface area contributed by atoms with E-state index in [0.29, 0.717) is 32.6 Å². The Morgan fingerprint density at radius 1 is 1.08 bits per heavy atom. The van der Waals surface area contributed by atoms with Crippen molar-refractivity contribution < 1.29 is 71.5 Å². The summed E-state index contributed by atoms with van der Waals surface area (Å²) >= 11 is 0. The van der Waals surface area contributed by atoms with Crippen LogP contribution in [0.25, 0.3) is 5.32 Å². The molecule has 0 spiro atoms. The molecule has 0 aromatic heterocycles. The van der Waals surface area contributed by atoms with Gasteiger partial charge in [-0.3, -0.25) is 9.69 Å². The van der Waals surface area contributed by atoms with Crippen LogP contribution in [0, 0.1) is 16.7 Å². The predicted octanol–water partition coefficient (Wildman–Crippen LogP) is 2.41. The Kier molecular flexibility index (Phi) is 18.4. The van der Waals surface area contributed by atoms with Crippen LogP contribution in [0.5, 0.6) is 11.5 Å². The molecule has 5 N–H and O–H groups in total. The van der Waals surface area contributed by atoms with Crippen molar-refractivity contribution in [2.45, 2.75) is 52.6 Å². The first-order valence-electron chi connectivity index (χ1n) is 12.5. The minimum absolute atomic E-state index is 0. The first-order valence-corrected chi connectivity index (χ1v) is 12.5. The van der Waals surface area contributed by atoms with Crippen molar-refractivity contribution in [1.82, 2.24) is 4.90 Å². The molecule has 1 saturated heterocycles. The molecule has 0 amide bonds. The van der Waals surface area contributed by atoms with Crippen molar-refractivity contribution >= 4 is 25.1 Å². The van der Waals surface area contributed by atoms with E-state index in [1.54, 1.807) is 0 Å². The number of carboxylic acid groups (broad SMARTS) is 1. The predicted molar refractivity (Wildman–Crippen MR) is 151 cm³/mol. The number of piperidine rings is 1. The van der Waals surface area contributed by atoms with Gasteiger partial charge < -0.3 is 36.4 Å². The summed E-state index contributed by atoms with van der Waals surface area (Å²) in [5, 5.41) is 45.3. The number of hydrogen-bond acceptors (Lipinski definition) is 7. The second-order valence-corrected chi connectivity index (χ2v) is 9.13. The number of rotatable bonds is 10. The van der Waals surface area contributed by atoms with Crippen molar-refractivity contribution in [3.63, 3.8) is 0 Å². The zero-order valence-electron chi connectivity index (χ0n) is 23.3. The molecule has 0 radical (unpaired) electrons. The summed E-state index contributed by atoms with van der Waals surface area (Å²) in [6.45, 7) is 15.2. The molecule has 0 saturated carbocycles. The molecule has 10 heteroatoms. The standard InChI is InChI=1S/C26H36N3O4.2CH3N.K/c1-4-27-17-29(16-21-13-23(18(2)3)25(31)14-24(21)30)22-7-5-19(6-8-22)15-28-11-9-20(10-12-28)26(32)33;2*1-2;/h5-8,13-14,18,20,30-31H,4,9-12,15-17H2,1-3H3,(H,32,33);2*2H,1H2;/q-1;;;+1. The number of phenols is 2. The van der Waals surface area contributed by atoms with Gasteiger partial charge in [-0.25, -0.2) is 0 Å². The Hall–Kier alpha value is -1.79. The van der Waals surface area contributed by atoms with Crippen molar-refractivity contribution in [3.05, 3.63) is 58.4 Å². The number of aromatic hydroxyl groups is 2. The van der Waals surface area contributed by atoms with E-state index in [0.717, 1.165) is 36.4 Å². The molecule has 0 aliphatic carbocycles. The molecule has 1 fully saturated rings. The number of carbonyl (C=O) groups is 1. The maximum Gasteiger partial charge on any atom is 1.00 e. The molecular weight excluding hydrogens is 509 g/mol. The number of phenolic OH excluding ortho intramolecular Hbond substituents is 2. The fourth-order valence-corrected chi connectivity index (χ4v) is 4.29. The van der Waals surface area contributed by atoms with E-state index in [9.17, 15) is 20.1 Å². The summed E-state index contributed by atoms with van der Waals surface area (Å²) in [4.78, 5) is 15.6. The van der Waals surface area contributed by atoms with Gasteiger partial charge in [0.25, 0.3) is 0 Å². The Morgan fingerprint density at radius 2 is 1.66 bits per heavy atom. The molecule has 2 aromatic rings. The first kappa shape index (κ1) is 36.2. The van der Waals surface area contributed by atoms with Crippen LogP contribution in [-0.2, 0) is 17.9 Å². The second kappa shape index (κ2) is 19.3. The molecule has 2 aromatic carbocycles. The summed E-state index contributed by atoms with van der Waals surface area (Å²) in [5.41, 5.74) is 3.78. The third-order valence-corrected chi connectivity index (χ3v) is 6.35. The largest absolute Gasteiger partial charge is 1.00 e. The minimum Gasteiger partial charge on any atom is -0.645 e. The molecule has 1 aliphatic heterocycles. The van der Waals surface area contributed by atoms with Crippen LogP contribution in [0.3, 0.4) is 0 Å². The Labute approximate surface area is 269 Å². The van der Waals surface area contributed by atoms with Crippen LogP contribution in [-0.4, -0.2) is 65.9 Å². The number of hydrogen-bond donors (Lipinski definition) is 5. The number of likely N-dealkylation sites (tertiary alicyclic amines) is 1. The van der Waals surface area contributed by atoms with Crippen molar-refractivity contribution in [3.8, 4) is 11.5 Å². The third kappa shape index (κ3) is 11.1. The van der Waals surface area contributed by atoms with Gasteiger partial charge in [0, 0.05) is 30.4 Å². The van der Waals surface area contributed by atoms with Crippen molar-refractivity contribution in [2.24, 2.45) is 5.92 Å². The van der Waals surface area contributed by atoms with Gasteiger partial charge >= 0.3 is 57.4 Å². The van der Waals surface area contributed by atoms with Gasteiger partial charge in [-0.15, -0.1) is 0 Å². The molecule has 9 nitrogen and oxygen atoms in total. The van der Waals surface area contributed by atoms with Gasteiger partial charge in [-0.1, -0.05) is 39.6 Å². The molecule has 0 bridgehead atoms. The van der Waals surface area contributed by atoms with Gasteiger partial charge in [-0.2, -0.15) is 6.54 Å². The smallest absolute Gasteiger partial charge is 0.645 e. The monoisotopic (exact) mass is 551 g/mol. The quantitative estimate of drug-likeness (QED) is 0.226. The molecule has 1 heterocycles. The van der Waals surface area contributed by atoms with Gasteiger partial charge in [0.1, 0.15) is 11.5 Å². The van der Waals surface area contributed by atoms with E-state index >= 15 is 0 Å². The average molecular weight is 552 g/mol. The van der Waals surface area contributed by atoms with Gasteiger partial charge in [0.2, 0.25) is 0 Å². The molecule has 0 unspecified atom stereocenters. The van der Waals surface area contributed by atoms with E-state index in [4.69, 9.17) is 10.8 Å². The average Bonchev–Trinajstić information content (AvgIpc) is 2.90. The SMILES string of the molecule is C=N.C=N.CC[N-]CN(Cc1cc(C(C)C)c(O)cc1O)c1ccc(CN2CCC(C(=O)O)CC2)cc1.[K+]. The topological polar surface area (TPSA) is 146 Å². The Balaban J connectivity index is 0.00000261. The maximum atomic E-state index is 11.2. The molecule has 0 atom stereocenters. The number of nitrogens with one attached hydrogen (secondary N) is 2. The summed E-state index contributed by atoms with van der Waals surface area (Å²) in [6, 6.07) is 11.7. The van der Waals surface area contributed by atoms with Crippen LogP contribution in [0.1, 0.15) is 56.2 Å². The Bertz CT molecular complexity index is 964. The number of aliphatic carboxylic acids is 1. The summed E-state index contributed by atoms with van der Waals surface area (Å²) in [7, 11) is 0. The maximum absolute atomic E-state index is 11.2. The normalized spacial score (nSPS) is 13.4. The van der Waals surface area contributed by atoms with E-state index < -0.39 is 5.97 Å².